The summed E-state index contributed by atoms with van der Waals surface area (Å²) in [5.74, 6) is -0.0101. The molecule has 0 spiro atoms. The molecule has 0 radical (unpaired) electrons. The minimum Gasteiger partial charge on any atom is -0.388 e. The highest BCUT2D eigenvalue weighted by atomic mass is 16.3. The van der Waals surface area contributed by atoms with E-state index < -0.39 is 5.60 Å². The van der Waals surface area contributed by atoms with Crippen LogP contribution < -0.4 is 0 Å². The highest BCUT2D eigenvalue weighted by molar-refractivity contribution is 5.94. The topological polar surface area (TPSA) is 60.9 Å². The van der Waals surface area contributed by atoms with Crippen molar-refractivity contribution < 1.29 is 14.7 Å². The van der Waals surface area contributed by atoms with Crippen LogP contribution in [0.15, 0.2) is 24.3 Å². The van der Waals surface area contributed by atoms with Crippen LogP contribution in [0.2, 0.25) is 0 Å². The highest BCUT2D eigenvalue weighted by Crippen LogP contribution is 2.30. The Kier molecular flexibility index (Phi) is 6.22. The molecule has 0 aromatic heterocycles. The predicted molar refractivity (Wildman–Crippen MR) is 98.1 cm³/mol. The van der Waals surface area contributed by atoms with Crippen LogP contribution in [0.5, 0.6) is 0 Å². The molecular weight excluding hydrogens is 316 g/mol. The van der Waals surface area contributed by atoms with E-state index in [1.165, 1.54) is 0 Å². The second kappa shape index (κ2) is 8.00. The highest BCUT2D eigenvalue weighted by Gasteiger charge is 2.33. The minimum atomic E-state index is -0.732. The maximum atomic E-state index is 12.6. The van der Waals surface area contributed by atoms with Crippen LogP contribution in [-0.2, 0) is 11.3 Å². The normalized spacial score (nSPS) is 16.1. The Morgan fingerprint density at radius 3 is 2.16 bits per heavy atom. The number of hydrogen-bond acceptors (Lipinski definition) is 3. The summed E-state index contributed by atoms with van der Waals surface area (Å²) in [7, 11) is 3.53. The van der Waals surface area contributed by atoms with Crippen molar-refractivity contribution in [2.75, 3.05) is 20.6 Å². The third kappa shape index (κ3) is 5.05. The van der Waals surface area contributed by atoms with Gasteiger partial charge in [-0.1, -0.05) is 38.8 Å². The van der Waals surface area contributed by atoms with Crippen molar-refractivity contribution in [2.45, 2.75) is 51.7 Å². The largest absolute Gasteiger partial charge is 0.388 e. The molecule has 1 aliphatic carbocycles. The maximum Gasteiger partial charge on any atom is 0.253 e. The Morgan fingerprint density at radius 2 is 1.64 bits per heavy atom. The van der Waals surface area contributed by atoms with Crippen molar-refractivity contribution in [3.05, 3.63) is 35.4 Å². The van der Waals surface area contributed by atoms with Gasteiger partial charge in [0.25, 0.3) is 5.91 Å². The summed E-state index contributed by atoms with van der Waals surface area (Å²) in [5.41, 5.74) is 0.861. The van der Waals surface area contributed by atoms with Crippen LogP contribution >= 0.6 is 0 Å². The van der Waals surface area contributed by atoms with E-state index in [0.717, 1.165) is 31.2 Å². The summed E-state index contributed by atoms with van der Waals surface area (Å²) in [4.78, 5) is 27.8. The number of nitrogens with zero attached hydrogens (tertiary/aromatic N) is 2. The first-order chi connectivity index (χ1) is 11.7. The zero-order valence-electron chi connectivity index (χ0n) is 15.8. The Hall–Kier alpha value is -1.88. The van der Waals surface area contributed by atoms with Crippen LogP contribution in [0.3, 0.4) is 0 Å². The third-order valence-corrected chi connectivity index (χ3v) is 4.90. The number of carbonyl (C=O) groups excluding carboxylic acids is 2. The minimum absolute atomic E-state index is 0.0270. The molecule has 1 aromatic rings. The van der Waals surface area contributed by atoms with Crippen LogP contribution in [0.4, 0.5) is 0 Å². The van der Waals surface area contributed by atoms with Crippen LogP contribution in [0.25, 0.3) is 0 Å². The van der Waals surface area contributed by atoms with Gasteiger partial charge in [0.15, 0.2) is 0 Å². The summed E-state index contributed by atoms with van der Waals surface area (Å²) in [6.07, 6.45) is 3.57. The van der Waals surface area contributed by atoms with Gasteiger partial charge in [-0.3, -0.25) is 9.59 Å². The van der Waals surface area contributed by atoms with Crippen molar-refractivity contribution in [1.82, 2.24) is 9.80 Å². The summed E-state index contributed by atoms with van der Waals surface area (Å²) in [5, 5.41) is 10.5. The molecule has 1 aromatic carbocycles. The lowest BCUT2D eigenvalue weighted by Gasteiger charge is -2.28. The second-order valence-electron chi connectivity index (χ2n) is 7.64. The van der Waals surface area contributed by atoms with Gasteiger partial charge in [-0.25, -0.2) is 0 Å². The summed E-state index contributed by atoms with van der Waals surface area (Å²) >= 11 is 0. The van der Waals surface area contributed by atoms with E-state index in [9.17, 15) is 14.7 Å². The first-order valence-electron chi connectivity index (χ1n) is 9.03. The fraction of sp³-hybridized carbons (Fsp3) is 0.600. The van der Waals surface area contributed by atoms with Gasteiger partial charge in [0.1, 0.15) is 0 Å². The van der Waals surface area contributed by atoms with E-state index >= 15 is 0 Å². The summed E-state index contributed by atoms with van der Waals surface area (Å²) in [6, 6.07) is 7.35. The van der Waals surface area contributed by atoms with Crippen molar-refractivity contribution in [3.8, 4) is 0 Å². The molecule has 0 unspecified atom stereocenters. The summed E-state index contributed by atoms with van der Waals surface area (Å²) in [6.45, 7) is 4.67. The van der Waals surface area contributed by atoms with Gasteiger partial charge >= 0.3 is 0 Å². The average molecular weight is 346 g/mol. The Labute approximate surface area is 150 Å². The standard InChI is InChI=1S/C20H30N2O3/c1-15(2)18(23)21(3)13-16-7-9-17(10-8-16)19(24)22(4)14-20(25)11-5-6-12-20/h7-10,15,25H,5-6,11-14H2,1-4H3. The molecule has 1 aliphatic rings. The number of aliphatic hydroxyl groups is 1. The molecule has 1 N–H and O–H groups in total. The smallest absolute Gasteiger partial charge is 0.253 e. The van der Waals surface area contributed by atoms with E-state index in [2.05, 4.69) is 0 Å². The second-order valence-corrected chi connectivity index (χ2v) is 7.64. The lowest BCUT2D eigenvalue weighted by molar-refractivity contribution is -0.133. The number of carbonyl (C=O) groups is 2. The van der Waals surface area contributed by atoms with Gasteiger partial charge in [-0.2, -0.15) is 0 Å². The monoisotopic (exact) mass is 346 g/mol. The van der Waals surface area contributed by atoms with Gasteiger partial charge in [-0.15, -0.1) is 0 Å². The number of amides is 2. The third-order valence-electron chi connectivity index (χ3n) is 4.90. The van der Waals surface area contributed by atoms with Crippen LogP contribution in [0, 0.1) is 5.92 Å². The molecule has 1 fully saturated rings. The molecule has 0 aliphatic heterocycles. The van der Waals surface area contributed by atoms with Crippen molar-refractivity contribution in [2.24, 2.45) is 5.92 Å². The fourth-order valence-corrected chi connectivity index (χ4v) is 3.47. The first kappa shape index (κ1) is 19.4. The van der Waals surface area contributed by atoms with Crippen molar-refractivity contribution >= 4 is 11.8 Å². The first-order valence-corrected chi connectivity index (χ1v) is 9.03. The van der Waals surface area contributed by atoms with Gasteiger partial charge < -0.3 is 14.9 Å². The molecule has 138 valence electrons. The predicted octanol–water partition coefficient (Wildman–Crippen LogP) is 2.68. The quantitative estimate of drug-likeness (QED) is 0.861. The van der Waals surface area contributed by atoms with Gasteiger partial charge in [0.2, 0.25) is 5.91 Å². The van der Waals surface area contributed by atoms with E-state index in [-0.39, 0.29) is 17.7 Å². The Bertz CT molecular complexity index is 604. The average Bonchev–Trinajstić information content (AvgIpc) is 3.00. The fourth-order valence-electron chi connectivity index (χ4n) is 3.47. The molecular formula is C20H30N2O3. The molecule has 0 heterocycles. The molecule has 2 rings (SSSR count). The lowest BCUT2D eigenvalue weighted by Crippen LogP contribution is -2.42. The number of benzene rings is 1. The van der Waals surface area contributed by atoms with Crippen LogP contribution in [-0.4, -0.2) is 53.0 Å². The van der Waals surface area contributed by atoms with Gasteiger partial charge in [-0.05, 0) is 30.5 Å². The molecule has 1 saturated carbocycles. The molecule has 0 saturated heterocycles. The Balaban J connectivity index is 1.96. The number of hydrogen-bond donors (Lipinski definition) is 1. The van der Waals surface area contributed by atoms with Gasteiger partial charge in [0.05, 0.1) is 5.60 Å². The van der Waals surface area contributed by atoms with Crippen molar-refractivity contribution in [3.63, 3.8) is 0 Å². The molecule has 2 amide bonds. The number of rotatable bonds is 6. The summed E-state index contributed by atoms with van der Waals surface area (Å²) < 4.78 is 0. The maximum absolute atomic E-state index is 12.6. The Morgan fingerprint density at radius 1 is 1.08 bits per heavy atom. The van der Waals surface area contributed by atoms with Crippen molar-refractivity contribution in [1.29, 1.82) is 0 Å². The van der Waals surface area contributed by atoms with E-state index in [4.69, 9.17) is 0 Å². The molecule has 25 heavy (non-hydrogen) atoms. The molecule has 5 heteroatoms. The zero-order chi connectivity index (χ0) is 18.6. The van der Waals surface area contributed by atoms with E-state index in [1.807, 2.05) is 26.0 Å². The van der Waals surface area contributed by atoms with Crippen LogP contribution in [0.1, 0.15) is 55.5 Å². The molecule has 0 atom stereocenters. The van der Waals surface area contributed by atoms with E-state index in [0.29, 0.717) is 18.7 Å². The molecule has 0 bridgehead atoms. The lowest BCUT2D eigenvalue weighted by atomic mass is 10.0. The van der Waals surface area contributed by atoms with Gasteiger partial charge in [0, 0.05) is 38.7 Å². The number of likely N-dealkylation sites (N-methyl/N-ethyl adjacent to an activating group) is 1. The zero-order valence-corrected chi connectivity index (χ0v) is 15.8. The SMILES string of the molecule is CC(C)C(=O)N(C)Cc1ccc(C(=O)N(C)CC2(O)CCCC2)cc1. The van der Waals surface area contributed by atoms with E-state index in [1.54, 1.807) is 36.0 Å². The molecule has 5 nitrogen and oxygen atoms in total.